The van der Waals surface area contributed by atoms with Gasteiger partial charge in [0.25, 0.3) is 0 Å². The average molecular weight is 368 g/mol. The van der Waals surface area contributed by atoms with E-state index in [0.29, 0.717) is 21.6 Å². The van der Waals surface area contributed by atoms with Gasteiger partial charge in [-0.25, -0.2) is 19.7 Å². The lowest BCUT2D eigenvalue weighted by molar-refractivity contribution is 0.162. The zero-order valence-corrected chi connectivity index (χ0v) is 14.3. The molecule has 0 unspecified atom stereocenters. The van der Waals surface area contributed by atoms with Crippen LogP contribution >= 0.6 is 34.5 Å². The first-order valence-corrected chi connectivity index (χ1v) is 8.36. The van der Waals surface area contributed by atoms with E-state index in [2.05, 4.69) is 9.97 Å². The molecule has 0 saturated heterocycles. The summed E-state index contributed by atoms with van der Waals surface area (Å²) < 4.78 is 5.91. The third kappa shape index (κ3) is 2.97. The fourth-order valence-electron chi connectivity index (χ4n) is 2.11. The topological polar surface area (TPSA) is 55.3 Å². The molecule has 2 heterocycles. The van der Waals surface area contributed by atoms with Gasteiger partial charge in [-0.05, 0) is 25.1 Å². The van der Waals surface area contributed by atoms with E-state index in [0.717, 1.165) is 10.2 Å². The molecule has 0 spiro atoms. The average Bonchev–Trinajstić information content (AvgIpc) is 3.00. The number of nitrogens with zero attached hydrogens (tertiary/aromatic N) is 3. The minimum Gasteiger partial charge on any atom is -0.449 e. The fraction of sp³-hybridized carbons (Fsp3) is 0.133. The number of pyridine rings is 1. The monoisotopic (exact) mass is 367 g/mol. The molecule has 23 heavy (non-hydrogen) atoms. The summed E-state index contributed by atoms with van der Waals surface area (Å²) >= 11 is 13.9. The highest BCUT2D eigenvalue weighted by atomic mass is 35.5. The zero-order valence-electron chi connectivity index (χ0n) is 12.0. The highest BCUT2D eigenvalue weighted by molar-refractivity contribution is 7.17. The molecule has 0 saturated carbocycles. The van der Waals surface area contributed by atoms with Crippen molar-refractivity contribution < 1.29 is 9.53 Å². The van der Waals surface area contributed by atoms with Crippen molar-refractivity contribution in [2.24, 2.45) is 0 Å². The van der Waals surface area contributed by atoms with Crippen LogP contribution in [0.1, 0.15) is 6.92 Å². The Kier molecular flexibility index (Phi) is 4.66. The number of amides is 1. The number of fused-ring (bicyclic) bond motifs is 1. The van der Waals surface area contributed by atoms with Crippen molar-refractivity contribution in [1.29, 1.82) is 0 Å². The van der Waals surface area contributed by atoms with Gasteiger partial charge < -0.3 is 4.74 Å². The third-order valence-corrected chi connectivity index (χ3v) is 4.50. The molecular weight excluding hydrogens is 357 g/mol. The quantitative estimate of drug-likeness (QED) is 0.630. The zero-order chi connectivity index (χ0) is 16.4. The van der Waals surface area contributed by atoms with Crippen molar-refractivity contribution in [2.75, 3.05) is 11.5 Å². The highest BCUT2D eigenvalue weighted by Gasteiger charge is 2.27. The number of carbonyl (C=O) groups excluding carboxylic acids is 1. The molecule has 0 aliphatic heterocycles. The normalized spacial score (nSPS) is 10.7. The molecule has 1 amide bonds. The van der Waals surface area contributed by atoms with E-state index >= 15 is 0 Å². The van der Waals surface area contributed by atoms with Crippen LogP contribution in [0, 0.1) is 0 Å². The van der Waals surface area contributed by atoms with Crippen molar-refractivity contribution in [3.05, 3.63) is 46.0 Å². The Morgan fingerprint density at radius 2 is 2.00 bits per heavy atom. The number of hydrogen-bond donors (Lipinski definition) is 0. The number of ether oxygens (including phenoxy) is 1. The second-order valence-electron chi connectivity index (χ2n) is 4.44. The number of para-hydroxylation sites is 1. The smallest absolute Gasteiger partial charge is 0.420 e. The molecule has 0 atom stereocenters. The molecule has 8 heteroatoms. The Labute approximate surface area is 146 Å². The van der Waals surface area contributed by atoms with Gasteiger partial charge in [0.2, 0.25) is 0 Å². The SMILES string of the molecule is CCOC(=O)N(c1c(Cl)cccc1Cl)c1nccc2ncsc12. The maximum absolute atomic E-state index is 12.5. The lowest BCUT2D eigenvalue weighted by Crippen LogP contribution is -2.28. The minimum atomic E-state index is -0.601. The van der Waals surface area contributed by atoms with E-state index in [1.165, 1.54) is 16.2 Å². The second kappa shape index (κ2) is 6.70. The van der Waals surface area contributed by atoms with Gasteiger partial charge in [0.1, 0.15) is 0 Å². The van der Waals surface area contributed by atoms with Crippen LogP contribution in [0.5, 0.6) is 0 Å². The van der Waals surface area contributed by atoms with Crippen LogP contribution in [0.15, 0.2) is 36.0 Å². The van der Waals surface area contributed by atoms with Crippen molar-refractivity contribution in [3.8, 4) is 0 Å². The Morgan fingerprint density at radius 1 is 1.26 bits per heavy atom. The molecule has 0 bridgehead atoms. The summed E-state index contributed by atoms with van der Waals surface area (Å²) in [5, 5.41) is 0.655. The van der Waals surface area contributed by atoms with Gasteiger partial charge in [-0.1, -0.05) is 29.3 Å². The second-order valence-corrected chi connectivity index (χ2v) is 6.11. The van der Waals surface area contributed by atoms with Crippen LogP contribution in [0.4, 0.5) is 16.3 Å². The fourth-order valence-corrected chi connectivity index (χ4v) is 3.44. The summed E-state index contributed by atoms with van der Waals surface area (Å²) in [6.45, 7) is 1.95. The van der Waals surface area contributed by atoms with Gasteiger partial charge in [-0.15, -0.1) is 11.3 Å². The molecule has 118 valence electrons. The van der Waals surface area contributed by atoms with Crippen LogP contribution in [0.25, 0.3) is 10.2 Å². The van der Waals surface area contributed by atoms with Crippen molar-refractivity contribution in [2.45, 2.75) is 6.92 Å². The first kappa shape index (κ1) is 16.0. The molecule has 0 fully saturated rings. The molecule has 5 nitrogen and oxygen atoms in total. The van der Waals surface area contributed by atoms with Gasteiger partial charge in [0, 0.05) is 6.20 Å². The first-order valence-electron chi connectivity index (χ1n) is 6.72. The van der Waals surface area contributed by atoms with Crippen LogP contribution in [-0.4, -0.2) is 22.7 Å². The van der Waals surface area contributed by atoms with E-state index in [9.17, 15) is 4.79 Å². The van der Waals surface area contributed by atoms with E-state index in [1.54, 1.807) is 42.9 Å². The van der Waals surface area contributed by atoms with E-state index < -0.39 is 6.09 Å². The number of halogens is 2. The molecule has 0 aliphatic carbocycles. The molecule has 3 rings (SSSR count). The first-order chi connectivity index (χ1) is 11.1. The van der Waals surface area contributed by atoms with E-state index in [-0.39, 0.29) is 6.61 Å². The minimum absolute atomic E-state index is 0.218. The number of rotatable bonds is 3. The molecule has 0 N–H and O–H groups in total. The Bertz CT molecular complexity index is 849. The lowest BCUT2D eigenvalue weighted by atomic mass is 10.2. The number of benzene rings is 1. The Balaban J connectivity index is 2.25. The summed E-state index contributed by atoms with van der Waals surface area (Å²) in [6, 6.07) is 6.79. The Morgan fingerprint density at radius 3 is 2.70 bits per heavy atom. The number of aromatic nitrogens is 2. The van der Waals surface area contributed by atoms with Gasteiger partial charge in [0.05, 0.1) is 38.1 Å². The van der Waals surface area contributed by atoms with Gasteiger partial charge in [0.15, 0.2) is 5.82 Å². The molecule has 1 aromatic carbocycles. The summed E-state index contributed by atoms with van der Waals surface area (Å²) in [4.78, 5) is 22.4. The lowest BCUT2D eigenvalue weighted by Gasteiger charge is -2.23. The van der Waals surface area contributed by atoms with Crippen LogP contribution in [-0.2, 0) is 4.74 Å². The van der Waals surface area contributed by atoms with E-state index in [1.807, 2.05) is 0 Å². The standard InChI is InChI=1S/C15H11Cl2N3O2S/c1-2-22-15(21)20(12-9(16)4-3-5-10(12)17)14-13-11(6-7-18-14)19-8-23-13/h3-8H,2H2,1H3. The number of anilines is 2. The number of thiazole rings is 1. The summed E-state index contributed by atoms with van der Waals surface area (Å²) in [6.07, 6.45) is 0.977. The third-order valence-electron chi connectivity index (χ3n) is 3.05. The summed E-state index contributed by atoms with van der Waals surface area (Å²) in [5.74, 6) is 0.387. The van der Waals surface area contributed by atoms with E-state index in [4.69, 9.17) is 27.9 Å². The number of carbonyl (C=O) groups is 1. The number of hydrogen-bond acceptors (Lipinski definition) is 5. The van der Waals surface area contributed by atoms with Gasteiger partial charge in [-0.2, -0.15) is 0 Å². The van der Waals surface area contributed by atoms with Crippen LogP contribution in [0.3, 0.4) is 0 Å². The maximum Gasteiger partial charge on any atom is 0.420 e. The predicted octanol–water partition coefficient (Wildman–Crippen LogP) is 5.29. The van der Waals surface area contributed by atoms with Crippen molar-refractivity contribution in [3.63, 3.8) is 0 Å². The van der Waals surface area contributed by atoms with Crippen LogP contribution in [0.2, 0.25) is 10.0 Å². The molecule has 2 aromatic heterocycles. The largest absolute Gasteiger partial charge is 0.449 e. The molecular formula is C15H11Cl2N3O2S. The summed E-state index contributed by atoms with van der Waals surface area (Å²) in [5.41, 5.74) is 2.76. The van der Waals surface area contributed by atoms with Crippen molar-refractivity contribution >= 4 is 62.4 Å². The van der Waals surface area contributed by atoms with Crippen LogP contribution < -0.4 is 4.90 Å². The van der Waals surface area contributed by atoms with Gasteiger partial charge >= 0.3 is 6.09 Å². The summed E-state index contributed by atoms with van der Waals surface area (Å²) in [7, 11) is 0. The Hall–Kier alpha value is -1.89. The highest BCUT2D eigenvalue weighted by Crippen LogP contribution is 2.40. The molecule has 0 radical (unpaired) electrons. The molecule has 0 aliphatic rings. The van der Waals surface area contributed by atoms with Gasteiger partial charge in [-0.3, -0.25) is 0 Å². The molecule has 3 aromatic rings. The van der Waals surface area contributed by atoms with Crippen molar-refractivity contribution in [1.82, 2.24) is 9.97 Å². The maximum atomic E-state index is 12.5. The predicted molar refractivity (Wildman–Crippen MR) is 93.0 cm³/mol.